The van der Waals surface area contributed by atoms with E-state index in [4.69, 9.17) is 16.3 Å². The fourth-order valence-electron chi connectivity index (χ4n) is 2.73. The second-order valence-electron chi connectivity index (χ2n) is 6.22. The Labute approximate surface area is 173 Å². The Morgan fingerprint density at radius 2 is 1.75 bits per heavy atom. The molecule has 3 aromatic rings. The summed E-state index contributed by atoms with van der Waals surface area (Å²) in [5.41, 5.74) is 0.984. The van der Waals surface area contributed by atoms with Gasteiger partial charge in [-0.2, -0.15) is 0 Å². The molecular weight excluding hydrogens is 394 g/mol. The number of fused-ring (bicyclic) bond motifs is 1. The van der Waals surface area contributed by atoms with E-state index in [0.29, 0.717) is 11.6 Å². The minimum atomic E-state index is -0.854. The minimum absolute atomic E-state index is 0.0979. The predicted octanol–water partition coefficient (Wildman–Crippen LogP) is 4.83. The molecule has 1 atom stereocenters. The summed E-state index contributed by atoms with van der Waals surface area (Å²) in [4.78, 5) is 25.2. The van der Waals surface area contributed by atoms with Crippen molar-refractivity contribution in [3.05, 3.63) is 77.3 Å². The number of thioether (sulfide) groups is 1. The van der Waals surface area contributed by atoms with Gasteiger partial charge in [0.25, 0.3) is 5.91 Å². The van der Waals surface area contributed by atoms with Crippen molar-refractivity contribution in [3.63, 3.8) is 0 Å². The van der Waals surface area contributed by atoms with Gasteiger partial charge in [-0.05, 0) is 30.0 Å². The first-order valence-electron chi connectivity index (χ1n) is 8.86. The summed E-state index contributed by atoms with van der Waals surface area (Å²) in [6.45, 7) is 1.96. The lowest BCUT2D eigenvalue weighted by atomic mass is 10.1. The Morgan fingerprint density at radius 3 is 2.50 bits per heavy atom. The molecule has 1 N–H and O–H groups in total. The van der Waals surface area contributed by atoms with Gasteiger partial charge >= 0.3 is 5.97 Å². The summed E-state index contributed by atoms with van der Waals surface area (Å²) < 4.78 is 5.26. The molecule has 6 heteroatoms. The van der Waals surface area contributed by atoms with Gasteiger partial charge in [0.05, 0.1) is 5.75 Å². The van der Waals surface area contributed by atoms with E-state index < -0.39 is 12.1 Å². The zero-order chi connectivity index (χ0) is 19.9. The number of ether oxygens (including phenoxy) is 1. The van der Waals surface area contributed by atoms with Crippen LogP contribution in [0.3, 0.4) is 0 Å². The number of nitrogens with one attached hydrogen (secondary N) is 1. The van der Waals surface area contributed by atoms with E-state index in [1.165, 1.54) is 11.8 Å². The zero-order valence-corrected chi connectivity index (χ0v) is 16.9. The van der Waals surface area contributed by atoms with Gasteiger partial charge < -0.3 is 10.1 Å². The molecule has 0 fully saturated rings. The van der Waals surface area contributed by atoms with Crippen LogP contribution in [0, 0.1) is 0 Å². The molecule has 1 amide bonds. The monoisotopic (exact) mass is 413 g/mol. The molecule has 4 nitrogen and oxygen atoms in total. The molecule has 144 valence electrons. The third kappa shape index (κ3) is 5.27. The standard InChI is InChI=1S/C22H20ClNO3S/c1-15(22(26)24-13-16-7-3-2-4-8-16)27-20(25)14-28-19-12-6-10-17-9-5-11-18(23)21(17)19/h2-12,15H,13-14H2,1H3,(H,24,26)/t15-/m1/s1. The van der Waals surface area contributed by atoms with Crippen LogP contribution in [-0.4, -0.2) is 23.7 Å². The lowest BCUT2D eigenvalue weighted by molar-refractivity contribution is -0.152. The highest BCUT2D eigenvalue weighted by molar-refractivity contribution is 8.00. The summed E-state index contributed by atoms with van der Waals surface area (Å²) in [6, 6.07) is 21.1. The van der Waals surface area contributed by atoms with E-state index in [0.717, 1.165) is 21.2 Å². The molecule has 0 saturated heterocycles. The second kappa shape index (κ2) is 9.62. The van der Waals surface area contributed by atoms with Crippen molar-refractivity contribution in [1.29, 1.82) is 0 Å². The number of hydrogen-bond donors (Lipinski definition) is 1. The first kappa shape index (κ1) is 20.2. The Kier molecular flexibility index (Phi) is 6.95. The van der Waals surface area contributed by atoms with Crippen molar-refractivity contribution >= 4 is 46.0 Å². The van der Waals surface area contributed by atoms with Crippen LogP contribution in [0.2, 0.25) is 5.02 Å². The largest absolute Gasteiger partial charge is 0.452 e. The van der Waals surface area contributed by atoms with Gasteiger partial charge in [0, 0.05) is 21.8 Å². The Hall–Kier alpha value is -2.50. The number of carbonyl (C=O) groups is 2. The number of hydrogen-bond acceptors (Lipinski definition) is 4. The van der Waals surface area contributed by atoms with Gasteiger partial charge in [0.15, 0.2) is 6.10 Å². The number of amides is 1. The van der Waals surface area contributed by atoms with Crippen LogP contribution in [0.4, 0.5) is 0 Å². The summed E-state index contributed by atoms with van der Waals surface area (Å²) in [6.07, 6.45) is -0.854. The lowest BCUT2D eigenvalue weighted by Crippen LogP contribution is -2.35. The van der Waals surface area contributed by atoms with E-state index in [-0.39, 0.29) is 11.7 Å². The first-order chi connectivity index (χ1) is 13.5. The zero-order valence-electron chi connectivity index (χ0n) is 15.4. The minimum Gasteiger partial charge on any atom is -0.452 e. The molecule has 3 rings (SSSR count). The highest BCUT2D eigenvalue weighted by Crippen LogP contribution is 2.33. The van der Waals surface area contributed by atoms with Gasteiger partial charge in [0.1, 0.15) is 0 Å². The lowest BCUT2D eigenvalue weighted by Gasteiger charge is -2.14. The van der Waals surface area contributed by atoms with Crippen LogP contribution in [0.1, 0.15) is 12.5 Å². The van der Waals surface area contributed by atoms with E-state index >= 15 is 0 Å². The maximum atomic E-state index is 12.2. The summed E-state index contributed by atoms with van der Waals surface area (Å²) in [7, 11) is 0. The molecule has 0 aromatic heterocycles. The molecule has 0 bridgehead atoms. The number of rotatable bonds is 7. The number of carbonyl (C=O) groups excluding carboxylic acids is 2. The maximum absolute atomic E-state index is 12.2. The topological polar surface area (TPSA) is 55.4 Å². The van der Waals surface area contributed by atoms with Crippen LogP contribution in [0.15, 0.2) is 71.6 Å². The molecule has 28 heavy (non-hydrogen) atoms. The second-order valence-corrected chi connectivity index (χ2v) is 7.64. The molecule has 0 heterocycles. The first-order valence-corrected chi connectivity index (χ1v) is 10.2. The van der Waals surface area contributed by atoms with E-state index in [2.05, 4.69) is 5.32 Å². The molecule has 3 aromatic carbocycles. The Balaban J connectivity index is 1.52. The highest BCUT2D eigenvalue weighted by Gasteiger charge is 2.18. The summed E-state index contributed by atoms with van der Waals surface area (Å²) >= 11 is 7.65. The van der Waals surface area contributed by atoms with Crippen molar-refractivity contribution in [1.82, 2.24) is 5.32 Å². The molecule has 0 aliphatic carbocycles. The van der Waals surface area contributed by atoms with Crippen LogP contribution in [0.5, 0.6) is 0 Å². The highest BCUT2D eigenvalue weighted by atomic mass is 35.5. The number of halogens is 1. The average Bonchev–Trinajstić information content (AvgIpc) is 2.71. The van der Waals surface area contributed by atoms with E-state index in [9.17, 15) is 9.59 Å². The Morgan fingerprint density at radius 1 is 1.04 bits per heavy atom. The van der Waals surface area contributed by atoms with Gasteiger partial charge in [0.2, 0.25) is 0 Å². The molecule has 0 aliphatic rings. The van der Waals surface area contributed by atoms with Gasteiger partial charge in [-0.15, -0.1) is 11.8 Å². The predicted molar refractivity (Wildman–Crippen MR) is 114 cm³/mol. The summed E-state index contributed by atoms with van der Waals surface area (Å²) in [5, 5.41) is 5.34. The molecule has 0 saturated carbocycles. The maximum Gasteiger partial charge on any atom is 0.317 e. The molecule has 0 spiro atoms. The fraction of sp³-hybridized carbons (Fsp3) is 0.182. The molecular formula is C22H20ClNO3S. The third-order valence-electron chi connectivity index (χ3n) is 4.15. The van der Waals surface area contributed by atoms with Crippen molar-refractivity contribution in [2.45, 2.75) is 24.5 Å². The number of benzene rings is 3. The SMILES string of the molecule is C[C@@H](OC(=O)CSc1cccc2cccc(Cl)c12)C(=O)NCc1ccccc1. The molecule has 0 radical (unpaired) electrons. The van der Waals surface area contributed by atoms with Crippen LogP contribution < -0.4 is 5.32 Å². The molecule has 0 aliphatic heterocycles. The van der Waals surface area contributed by atoms with Gasteiger partial charge in [-0.1, -0.05) is 66.2 Å². The quantitative estimate of drug-likeness (QED) is 0.445. The van der Waals surface area contributed by atoms with Crippen molar-refractivity contribution in [2.24, 2.45) is 0 Å². The Bertz CT molecular complexity index is 973. The molecule has 0 unspecified atom stereocenters. The van der Waals surface area contributed by atoms with E-state index in [1.54, 1.807) is 6.92 Å². The van der Waals surface area contributed by atoms with Crippen molar-refractivity contribution in [3.8, 4) is 0 Å². The van der Waals surface area contributed by atoms with E-state index in [1.807, 2.05) is 66.7 Å². The van der Waals surface area contributed by atoms with Crippen LogP contribution in [0.25, 0.3) is 10.8 Å². The fourth-order valence-corrected chi connectivity index (χ4v) is 3.96. The van der Waals surface area contributed by atoms with Crippen molar-refractivity contribution < 1.29 is 14.3 Å². The smallest absolute Gasteiger partial charge is 0.317 e. The third-order valence-corrected chi connectivity index (χ3v) is 5.49. The summed E-state index contributed by atoms with van der Waals surface area (Å²) in [5.74, 6) is -0.674. The van der Waals surface area contributed by atoms with Crippen LogP contribution in [-0.2, 0) is 20.9 Å². The number of esters is 1. The normalized spacial score (nSPS) is 11.8. The van der Waals surface area contributed by atoms with Crippen LogP contribution >= 0.6 is 23.4 Å². The average molecular weight is 414 g/mol. The van der Waals surface area contributed by atoms with Gasteiger partial charge in [-0.3, -0.25) is 9.59 Å². The van der Waals surface area contributed by atoms with Gasteiger partial charge in [-0.25, -0.2) is 0 Å². The van der Waals surface area contributed by atoms with Crippen molar-refractivity contribution in [2.75, 3.05) is 5.75 Å².